The van der Waals surface area contributed by atoms with Crippen LogP contribution in [0.1, 0.15) is 15.9 Å². The van der Waals surface area contributed by atoms with E-state index in [1.807, 2.05) is 6.07 Å². The first-order valence-electron chi connectivity index (χ1n) is 4.04. The number of hydrogen-bond acceptors (Lipinski definition) is 2. The number of alkyl halides is 1. The Morgan fingerprint density at radius 3 is 3.00 bits per heavy atom. The molecular weight excluding hydrogens is 202 g/mol. The van der Waals surface area contributed by atoms with E-state index in [4.69, 9.17) is 17.3 Å². The first kappa shape index (κ1) is 9.02. The van der Waals surface area contributed by atoms with E-state index >= 15 is 0 Å². The molecule has 4 nitrogen and oxygen atoms in total. The van der Waals surface area contributed by atoms with Crippen molar-refractivity contribution in [2.45, 2.75) is 5.88 Å². The van der Waals surface area contributed by atoms with E-state index in [1.165, 1.54) is 6.33 Å². The van der Waals surface area contributed by atoms with E-state index in [1.54, 1.807) is 6.07 Å². The van der Waals surface area contributed by atoms with Crippen molar-refractivity contribution in [2.75, 3.05) is 0 Å². The summed E-state index contributed by atoms with van der Waals surface area (Å²) in [5, 5.41) is 0. The molecule has 14 heavy (non-hydrogen) atoms. The van der Waals surface area contributed by atoms with Gasteiger partial charge in [0.15, 0.2) is 0 Å². The maximum atomic E-state index is 11.2. The van der Waals surface area contributed by atoms with Gasteiger partial charge in [-0.25, -0.2) is 4.98 Å². The molecule has 5 heteroatoms. The Kier molecular flexibility index (Phi) is 2.13. The van der Waals surface area contributed by atoms with Crippen molar-refractivity contribution < 1.29 is 4.79 Å². The zero-order chi connectivity index (χ0) is 10.1. The number of aromatic amines is 1. The molecule has 2 aromatic rings. The highest BCUT2D eigenvalue weighted by Crippen LogP contribution is 2.20. The van der Waals surface area contributed by atoms with E-state index in [-0.39, 0.29) is 5.88 Å². The number of hydrogen-bond donors (Lipinski definition) is 2. The first-order chi connectivity index (χ1) is 6.74. The molecule has 0 aliphatic heterocycles. The summed E-state index contributed by atoms with van der Waals surface area (Å²) >= 11 is 5.70. The lowest BCUT2D eigenvalue weighted by Crippen LogP contribution is -2.14. The summed E-state index contributed by atoms with van der Waals surface area (Å²) in [6.45, 7) is 0. The Bertz CT molecular complexity index is 492. The second-order valence-corrected chi connectivity index (χ2v) is 3.16. The van der Waals surface area contributed by atoms with Crippen LogP contribution < -0.4 is 5.73 Å². The summed E-state index contributed by atoms with van der Waals surface area (Å²) in [7, 11) is 0. The largest absolute Gasteiger partial charge is 0.366 e. The van der Waals surface area contributed by atoms with Gasteiger partial charge in [0.1, 0.15) is 5.52 Å². The molecular formula is C9H8ClN3O. The van der Waals surface area contributed by atoms with Crippen LogP contribution in [0.5, 0.6) is 0 Å². The first-order valence-corrected chi connectivity index (χ1v) is 4.58. The molecule has 1 aromatic carbocycles. The van der Waals surface area contributed by atoms with Gasteiger partial charge in [-0.1, -0.05) is 6.07 Å². The Morgan fingerprint density at radius 1 is 1.57 bits per heavy atom. The second kappa shape index (κ2) is 3.31. The van der Waals surface area contributed by atoms with Crippen molar-refractivity contribution >= 4 is 28.5 Å². The fourth-order valence-electron chi connectivity index (χ4n) is 1.44. The van der Waals surface area contributed by atoms with Crippen molar-refractivity contribution in [2.24, 2.45) is 5.73 Å². The van der Waals surface area contributed by atoms with Crippen LogP contribution in [-0.4, -0.2) is 15.9 Å². The number of nitrogens with two attached hydrogens (primary N) is 1. The molecule has 0 unspecified atom stereocenters. The van der Waals surface area contributed by atoms with E-state index in [0.717, 1.165) is 5.52 Å². The number of carbonyl (C=O) groups is 1. The van der Waals surface area contributed by atoms with Gasteiger partial charge >= 0.3 is 0 Å². The maximum Gasteiger partial charge on any atom is 0.251 e. The zero-order valence-electron chi connectivity index (χ0n) is 7.25. The molecule has 1 aromatic heterocycles. The third-order valence-electron chi connectivity index (χ3n) is 2.07. The van der Waals surface area contributed by atoms with Gasteiger partial charge in [-0.05, 0) is 11.6 Å². The number of nitrogens with zero attached hydrogens (tertiary/aromatic N) is 1. The van der Waals surface area contributed by atoms with Crippen LogP contribution in [0.4, 0.5) is 0 Å². The minimum absolute atomic E-state index is 0.251. The number of nitrogens with one attached hydrogen (secondary N) is 1. The normalized spacial score (nSPS) is 10.6. The Balaban J connectivity index is 2.82. The molecule has 0 aliphatic carbocycles. The summed E-state index contributed by atoms with van der Waals surface area (Å²) in [6, 6.07) is 3.60. The third kappa shape index (κ3) is 1.24. The summed E-state index contributed by atoms with van der Waals surface area (Å²) in [5.74, 6) is -0.250. The standard InChI is InChI=1S/C9H8ClN3O/c10-3-5-1-2-6-8(13-4-12-6)7(5)9(11)14/h1-2,4H,3H2,(H2,11,14)(H,12,13). The van der Waals surface area contributed by atoms with Crippen molar-refractivity contribution in [3.8, 4) is 0 Å². The number of amides is 1. The Labute approximate surface area is 85.1 Å². The van der Waals surface area contributed by atoms with Crippen molar-refractivity contribution in [1.82, 2.24) is 9.97 Å². The minimum atomic E-state index is -0.502. The Morgan fingerprint density at radius 2 is 2.36 bits per heavy atom. The van der Waals surface area contributed by atoms with E-state index in [9.17, 15) is 4.79 Å². The molecule has 0 aliphatic rings. The van der Waals surface area contributed by atoms with Crippen LogP contribution in [0, 0.1) is 0 Å². The summed E-state index contributed by atoms with van der Waals surface area (Å²) in [5.41, 5.74) is 7.74. The van der Waals surface area contributed by atoms with Crippen LogP contribution >= 0.6 is 11.6 Å². The van der Waals surface area contributed by atoms with E-state index in [0.29, 0.717) is 16.6 Å². The summed E-state index contributed by atoms with van der Waals surface area (Å²) in [4.78, 5) is 18.1. The average molecular weight is 210 g/mol. The SMILES string of the molecule is NC(=O)c1c(CCl)ccc2[nH]cnc12. The number of carbonyl (C=O) groups excluding carboxylic acids is 1. The van der Waals surface area contributed by atoms with Gasteiger partial charge < -0.3 is 10.7 Å². The molecule has 2 rings (SSSR count). The second-order valence-electron chi connectivity index (χ2n) is 2.90. The maximum absolute atomic E-state index is 11.2. The molecule has 0 bridgehead atoms. The monoisotopic (exact) mass is 209 g/mol. The predicted octanol–water partition coefficient (Wildman–Crippen LogP) is 1.40. The van der Waals surface area contributed by atoms with Gasteiger partial charge in [-0.2, -0.15) is 0 Å². The molecule has 1 heterocycles. The molecule has 0 radical (unpaired) electrons. The van der Waals surface area contributed by atoms with Crippen LogP contribution in [0.25, 0.3) is 11.0 Å². The van der Waals surface area contributed by atoms with Gasteiger partial charge in [0.25, 0.3) is 5.91 Å². The topological polar surface area (TPSA) is 71.8 Å². The lowest BCUT2D eigenvalue weighted by atomic mass is 10.1. The van der Waals surface area contributed by atoms with E-state index < -0.39 is 5.91 Å². The van der Waals surface area contributed by atoms with Gasteiger partial charge in [0, 0.05) is 5.88 Å². The highest BCUT2D eigenvalue weighted by Gasteiger charge is 2.13. The van der Waals surface area contributed by atoms with E-state index in [2.05, 4.69) is 9.97 Å². The lowest BCUT2D eigenvalue weighted by molar-refractivity contribution is 0.100. The molecule has 1 amide bonds. The molecule has 0 atom stereocenters. The Hall–Kier alpha value is -1.55. The van der Waals surface area contributed by atoms with Crippen LogP contribution in [0.15, 0.2) is 18.5 Å². The predicted molar refractivity (Wildman–Crippen MR) is 54.2 cm³/mol. The highest BCUT2D eigenvalue weighted by atomic mass is 35.5. The number of primary amides is 1. The molecule has 0 saturated heterocycles. The van der Waals surface area contributed by atoms with Crippen LogP contribution in [0.3, 0.4) is 0 Å². The number of aromatic nitrogens is 2. The van der Waals surface area contributed by atoms with Gasteiger partial charge in [-0.3, -0.25) is 4.79 Å². The van der Waals surface area contributed by atoms with Crippen molar-refractivity contribution in [3.63, 3.8) is 0 Å². The van der Waals surface area contributed by atoms with Gasteiger partial charge in [0.2, 0.25) is 0 Å². The number of rotatable bonds is 2. The highest BCUT2D eigenvalue weighted by molar-refractivity contribution is 6.18. The zero-order valence-corrected chi connectivity index (χ0v) is 8.01. The molecule has 3 N–H and O–H groups in total. The number of imidazole rings is 1. The molecule has 0 saturated carbocycles. The van der Waals surface area contributed by atoms with Crippen molar-refractivity contribution in [1.29, 1.82) is 0 Å². The molecule has 0 fully saturated rings. The van der Waals surface area contributed by atoms with Gasteiger partial charge in [-0.15, -0.1) is 11.6 Å². The number of halogens is 1. The fraction of sp³-hybridized carbons (Fsp3) is 0.111. The number of benzene rings is 1. The molecule has 0 spiro atoms. The molecule has 72 valence electrons. The summed E-state index contributed by atoms with van der Waals surface area (Å²) in [6.07, 6.45) is 1.52. The number of H-pyrrole nitrogens is 1. The van der Waals surface area contributed by atoms with Crippen molar-refractivity contribution in [3.05, 3.63) is 29.6 Å². The summed E-state index contributed by atoms with van der Waals surface area (Å²) < 4.78 is 0. The minimum Gasteiger partial charge on any atom is -0.366 e. The smallest absolute Gasteiger partial charge is 0.251 e. The average Bonchev–Trinajstić information content (AvgIpc) is 2.62. The van der Waals surface area contributed by atoms with Gasteiger partial charge in [0.05, 0.1) is 17.4 Å². The quantitative estimate of drug-likeness (QED) is 0.734. The fourth-order valence-corrected chi connectivity index (χ4v) is 1.66. The lowest BCUT2D eigenvalue weighted by Gasteiger charge is -2.03. The van der Waals surface area contributed by atoms with Crippen LogP contribution in [0.2, 0.25) is 0 Å². The third-order valence-corrected chi connectivity index (χ3v) is 2.36. The van der Waals surface area contributed by atoms with Crippen LogP contribution in [-0.2, 0) is 5.88 Å². The number of fused-ring (bicyclic) bond motifs is 1.